The number of benzene rings is 2. The zero-order valence-electron chi connectivity index (χ0n) is 46.0. The largest absolute Gasteiger partial charge is 0.347 e. The van der Waals surface area contributed by atoms with Gasteiger partial charge in [0.1, 0.15) is 35.6 Å². The monoisotopic (exact) mass is 1050 g/mol. The molecule has 0 unspecified atom stereocenters. The number of hydrogen-bond donors (Lipinski definition) is 6. The summed E-state index contributed by atoms with van der Waals surface area (Å²) in [5.74, 6) is -3.67. The van der Waals surface area contributed by atoms with Crippen molar-refractivity contribution in [3.8, 4) is 0 Å². The Morgan fingerprint density at radius 1 is 0.539 bits per heavy atom. The van der Waals surface area contributed by atoms with Gasteiger partial charge in [-0.25, -0.2) is 4.98 Å². The molecule has 8 atom stereocenters. The van der Waals surface area contributed by atoms with Crippen molar-refractivity contribution in [2.75, 3.05) is 53.4 Å². The molecule has 3 heterocycles. The summed E-state index contributed by atoms with van der Waals surface area (Å²) < 4.78 is 0. The number of nitrogens with one attached hydrogen (secondary N) is 6. The molecule has 2 fully saturated rings. The highest BCUT2D eigenvalue weighted by atomic mass is 16.2. The number of pyridine rings is 1. The summed E-state index contributed by atoms with van der Waals surface area (Å²) in [5.41, 5.74) is 2.64. The van der Waals surface area contributed by atoms with Crippen LogP contribution in [0.25, 0.3) is 0 Å². The van der Waals surface area contributed by atoms with E-state index in [2.05, 4.69) is 36.9 Å². The van der Waals surface area contributed by atoms with Crippen molar-refractivity contribution in [1.82, 2.24) is 56.5 Å². The first-order chi connectivity index (χ1) is 36.0. The molecule has 0 radical (unpaired) electrons. The number of carbonyl (C=O) groups is 8. The molecular formula is C57H79N11O8. The van der Waals surface area contributed by atoms with E-state index < -0.39 is 82.5 Å². The second-order valence-electron chi connectivity index (χ2n) is 22.9. The van der Waals surface area contributed by atoms with Gasteiger partial charge in [0.2, 0.25) is 35.4 Å². The van der Waals surface area contributed by atoms with Crippen LogP contribution >= 0.6 is 0 Å². The van der Waals surface area contributed by atoms with Gasteiger partial charge in [-0.3, -0.25) is 38.4 Å². The smallest absolute Gasteiger partial charge is 0.272 e. The average molecular weight is 1050 g/mol. The molecule has 7 rings (SSSR count). The predicted molar refractivity (Wildman–Crippen MR) is 287 cm³/mol. The Morgan fingerprint density at radius 3 is 1.29 bits per heavy atom. The molecule has 8 amide bonds. The number of nitrogens with zero attached hydrogens (tertiary/aromatic N) is 5. The molecule has 6 N–H and O–H groups in total. The zero-order valence-corrected chi connectivity index (χ0v) is 46.0. The topological polar surface area (TPSA) is 235 Å². The van der Waals surface area contributed by atoms with Gasteiger partial charge in [-0.15, -0.1) is 0 Å². The van der Waals surface area contributed by atoms with E-state index in [0.29, 0.717) is 12.8 Å². The van der Waals surface area contributed by atoms with E-state index in [0.717, 1.165) is 47.9 Å². The molecular weight excluding hydrogens is 967 g/mol. The van der Waals surface area contributed by atoms with Crippen molar-refractivity contribution in [2.24, 2.45) is 10.8 Å². The molecule has 2 aromatic carbocycles. The lowest BCUT2D eigenvalue weighted by atomic mass is 9.85. The molecule has 19 heteroatoms. The second kappa shape index (κ2) is 24.1. The van der Waals surface area contributed by atoms with Gasteiger partial charge in [-0.1, -0.05) is 96.1 Å². The third-order valence-corrected chi connectivity index (χ3v) is 15.5. The summed E-state index contributed by atoms with van der Waals surface area (Å²) in [6.07, 6.45) is 4.85. The van der Waals surface area contributed by atoms with Crippen LogP contribution in [-0.4, -0.2) is 161 Å². The minimum atomic E-state index is -1.14. The van der Waals surface area contributed by atoms with Crippen molar-refractivity contribution >= 4 is 47.3 Å². The summed E-state index contributed by atoms with van der Waals surface area (Å²) >= 11 is 0. The van der Waals surface area contributed by atoms with E-state index in [-0.39, 0.29) is 74.6 Å². The summed E-state index contributed by atoms with van der Waals surface area (Å²) in [7, 11) is 3.30. The lowest BCUT2D eigenvalue weighted by Gasteiger charge is -2.44. The molecule has 4 aliphatic rings. The number of hydrogen-bond acceptors (Lipinski definition) is 11. The molecule has 1 aromatic heterocycles. The van der Waals surface area contributed by atoms with Gasteiger partial charge < -0.3 is 51.5 Å². The second-order valence-corrected chi connectivity index (χ2v) is 22.9. The SMILES string of the molecule is CN[C@@H](C)C(=O)N[C@H](C(=O)N1CCN(C(=O)c2cccc(C(=O)N3CCN(C(=O)[C@@H](NC(=O)[C@H](C)NC)C(C)(C)C)[C@H](C(=O)N[C@@H]4CCCc5ccccc54)C3)n2)C[C@H]1C(=O)N[C@@H]1CCCc2ccccc21)C(C)(C)C. The number of amides is 8. The van der Waals surface area contributed by atoms with Crippen LogP contribution in [0.1, 0.15) is 136 Å². The van der Waals surface area contributed by atoms with E-state index in [1.54, 1.807) is 34.0 Å². The van der Waals surface area contributed by atoms with Gasteiger partial charge in [0.25, 0.3) is 11.8 Å². The van der Waals surface area contributed by atoms with Crippen LogP contribution in [-0.2, 0) is 41.6 Å². The fraction of sp³-hybridized carbons (Fsp3) is 0.561. The highest BCUT2D eigenvalue weighted by Crippen LogP contribution is 2.33. The molecule has 2 aliphatic carbocycles. The van der Waals surface area contributed by atoms with Gasteiger partial charge in [-0.2, -0.15) is 0 Å². The van der Waals surface area contributed by atoms with Crippen LogP contribution in [0.4, 0.5) is 0 Å². The molecule has 0 bridgehead atoms. The van der Waals surface area contributed by atoms with Crippen LogP contribution in [0, 0.1) is 10.8 Å². The number of fused-ring (bicyclic) bond motifs is 2. The summed E-state index contributed by atoms with van der Waals surface area (Å²) in [6.45, 7) is 14.1. The Morgan fingerprint density at radius 2 is 0.921 bits per heavy atom. The van der Waals surface area contributed by atoms with Gasteiger partial charge in [0.15, 0.2) is 0 Å². The minimum absolute atomic E-state index is 0.0280. The Labute approximate surface area is 447 Å². The minimum Gasteiger partial charge on any atom is -0.347 e. The Hall–Kier alpha value is -6.73. The lowest BCUT2D eigenvalue weighted by molar-refractivity contribution is -0.148. The number of rotatable bonds is 14. The van der Waals surface area contributed by atoms with Crippen molar-refractivity contribution in [3.05, 3.63) is 100 Å². The van der Waals surface area contributed by atoms with Crippen molar-refractivity contribution < 1.29 is 38.4 Å². The normalized spacial score (nSPS) is 21.4. The molecule has 76 heavy (non-hydrogen) atoms. The van der Waals surface area contributed by atoms with Crippen LogP contribution in [0.5, 0.6) is 0 Å². The Bertz CT molecular complexity index is 2490. The van der Waals surface area contributed by atoms with Gasteiger partial charge >= 0.3 is 0 Å². The van der Waals surface area contributed by atoms with Gasteiger partial charge in [0, 0.05) is 26.2 Å². The summed E-state index contributed by atoms with van der Waals surface area (Å²) in [4.78, 5) is 125. The van der Waals surface area contributed by atoms with Crippen molar-refractivity contribution in [2.45, 2.75) is 142 Å². The number of piperazine rings is 2. The molecule has 0 spiro atoms. The lowest BCUT2D eigenvalue weighted by Crippen LogP contribution is -2.66. The highest BCUT2D eigenvalue weighted by Gasteiger charge is 2.46. The molecule has 410 valence electrons. The van der Waals surface area contributed by atoms with Gasteiger partial charge in [-0.05, 0) is 112 Å². The molecule has 3 aromatic rings. The maximum Gasteiger partial charge on any atom is 0.272 e. The fourth-order valence-corrected chi connectivity index (χ4v) is 10.7. The molecule has 19 nitrogen and oxygen atoms in total. The average Bonchev–Trinajstić information content (AvgIpc) is 3.43. The van der Waals surface area contributed by atoms with Gasteiger partial charge in [0.05, 0.1) is 37.3 Å². The van der Waals surface area contributed by atoms with E-state index in [1.807, 2.05) is 90.1 Å². The number of aryl methyl sites for hydroxylation is 2. The third-order valence-electron chi connectivity index (χ3n) is 15.5. The van der Waals surface area contributed by atoms with Crippen molar-refractivity contribution in [1.29, 1.82) is 0 Å². The zero-order chi connectivity index (χ0) is 55.2. The van der Waals surface area contributed by atoms with E-state index >= 15 is 0 Å². The van der Waals surface area contributed by atoms with E-state index in [9.17, 15) is 38.4 Å². The first kappa shape index (κ1) is 57.0. The Balaban J connectivity index is 1.14. The standard InChI is InChI=1S/C57H79N11O8/c1-34(58-9)48(69)63-46(56(3,4)5)54(75)67-30-28-65(32-44(67)50(71)61-40-24-15-20-36-18-11-13-22-38(36)40)52(73)42-26-17-27-43(60-42)53(74)66-29-31-68(55(76)47(57(6,7)8)64-49(70)35(2)59-10)45(33-66)51(72)62-41-25-16-21-37-19-12-14-23-39(37)41/h11-14,17-19,22-23,26-27,34-35,40-41,44-47,58-59H,15-16,20-21,24-25,28-33H2,1-10H3,(H,61,71)(H,62,72)(H,63,69)(H,64,70)/t34-,35-,40+,41+,44-,45-,46+,47+/m0/s1. The fourth-order valence-electron chi connectivity index (χ4n) is 10.7. The summed E-state index contributed by atoms with van der Waals surface area (Å²) in [6, 6.07) is 14.3. The van der Waals surface area contributed by atoms with Crippen molar-refractivity contribution in [3.63, 3.8) is 0 Å². The van der Waals surface area contributed by atoms with Crippen LogP contribution in [0.3, 0.4) is 0 Å². The Kier molecular flexibility index (Phi) is 18.1. The maximum atomic E-state index is 14.7. The van der Waals surface area contributed by atoms with Crippen LogP contribution in [0.15, 0.2) is 66.7 Å². The quantitative estimate of drug-likeness (QED) is 0.137. The molecule has 2 saturated heterocycles. The van der Waals surface area contributed by atoms with E-state index in [1.165, 1.54) is 31.7 Å². The molecule has 2 aliphatic heterocycles. The molecule has 0 saturated carbocycles. The predicted octanol–water partition coefficient (Wildman–Crippen LogP) is 3.05. The van der Waals surface area contributed by atoms with E-state index in [4.69, 9.17) is 0 Å². The third kappa shape index (κ3) is 12.9. The number of carbonyl (C=O) groups excluding carboxylic acids is 8. The number of likely N-dealkylation sites (N-methyl/N-ethyl adjacent to an activating group) is 2. The first-order valence-corrected chi connectivity index (χ1v) is 26.9. The number of aromatic nitrogens is 1. The van der Waals surface area contributed by atoms with Crippen LogP contribution in [0.2, 0.25) is 0 Å². The first-order valence-electron chi connectivity index (χ1n) is 26.9. The summed E-state index contributed by atoms with van der Waals surface area (Å²) in [5, 5.41) is 18.1. The highest BCUT2D eigenvalue weighted by molar-refractivity contribution is 5.99. The van der Waals surface area contributed by atoms with Crippen LogP contribution < -0.4 is 31.9 Å². The maximum absolute atomic E-state index is 14.7.